The summed E-state index contributed by atoms with van der Waals surface area (Å²) in [5.41, 5.74) is 4.81. The molecule has 8 heteroatoms. The average Bonchev–Trinajstić information content (AvgIpc) is 2.68. The third kappa shape index (κ3) is 5.48. The zero-order valence-corrected chi connectivity index (χ0v) is 17.4. The van der Waals surface area contributed by atoms with Crippen molar-refractivity contribution in [1.29, 1.82) is 0 Å². The van der Waals surface area contributed by atoms with Crippen LogP contribution in [0.15, 0.2) is 29.1 Å². The van der Waals surface area contributed by atoms with E-state index in [4.69, 9.17) is 5.73 Å². The molecule has 0 saturated carbocycles. The lowest BCUT2D eigenvalue weighted by molar-refractivity contribution is 0.0695. The summed E-state index contributed by atoms with van der Waals surface area (Å²) >= 11 is 0. The number of pyridine rings is 1. The van der Waals surface area contributed by atoms with Gasteiger partial charge in [0, 0.05) is 12.1 Å². The van der Waals surface area contributed by atoms with E-state index < -0.39 is 28.6 Å². The Labute approximate surface area is 175 Å². The molecule has 0 fully saturated rings. The summed E-state index contributed by atoms with van der Waals surface area (Å²) in [4.78, 5) is 40.2. The lowest BCUT2D eigenvalue weighted by Gasteiger charge is -2.22. The van der Waals surface area contributed by atoms with E-state index in [1.54, 1.807) is 18.2 Å². The van der Waals surface area contributed by atoms with E-state index in [1.165, 1.54) is 0 Å². The number of nitrogens with zero attached hydrogens (tertiary/aromatic N) is 1. The monoisotopic (exact) mass is 415 g/mol. The molecule has 0 spiro atoms. The minimum Gasteiger partial charge on any atom is -0.478 e. The molecule has 30 heavy (non-hydrogen) atoms. The van der Waals surface area contributed by atoms with Crippen LogP contribution in [-0.4, -0.2) is 45.1 Å². The average molecular weight is 415 g/mol. The number of benzene rings is 1. The summed E-state index contributed by atoms with van der Waals surface area (Å²) < 4.78 is 0. The van der Waals surface area contributed by atoms with Gasteiger partial charge in [-0.25, -0.2) is 9.59 Å². The smallest absolute Gasteiger partial charge is 0.342 e. The molecular weight excluding hydrogens is 386 g/mol. The molecular formula is C22H29N3O5. The van der Waals surface area contributed by atoms with Gasteiger partial charge in [-0.3, -0.25) is 9.69 Å². The number of aromatic nitrogens is 1. The number of H-pyrrole nitrogens is 1. The van der Waals surface area contributed by atoms with E-state index >= 15 is 0 Å². The molecule has 5 N–H and O–H groups in total. The van der Waals surface area contributed by atoms with E-state index in [0.29, 0.717) is 12.1 Å². The Morgan fingerprint density at radius 1 is 1.03 bits per heavy atom. The Kier molecular flexibility index (Phi) is 8.17. The predicted octanol–water partition coefficient (Wildman–Crippen LogP) is 3.42. The number of hydrogen-bond donors (Lipinski definition) is 4. The summed E-state index contributed by atoms with van der Waals surface area (Å²) in [6, 6.07) is 6.97. The van der Waals surface area contributed by atoms with Crippen LogP contribution in [0.5, 0.6) is 0 Å². The van der Waals surface area contributed by atoms with Gasteiger partial charge in [0.1, 0.15) is 16.9 Å². The lowest BCUT2D eigenvalue weighted by atomic mass is 9.94. The molecule has 1 aromatic heterocycles. The van der Waals surface area contributed by atoms with Crippen molar-refractivity contribution < 1.29 is 19.8 Å². The molecule has 0 bridgehead atoms. The van der Waals surface area contributed by atoms with Gasteiger partial charge < -0.3 is 20.9 Å². The molecule has 1 heterocycles. The second kappa shape index (κ2) is 10.6. The van der Waals surface area contributed by atoms with E-state index in [-0.39, 0.29) is 11.4 Å². The topological polar surface area (TPSA) is 137 Å². The number of anilines is 1. The molecule has 0 amide bonds. The Balaban J connectivity index is 2.55. The second-order valence-electron chi connectivity index (χ2n) is 7.29. The first-order valence-electron chi connectivity index (χ1n) is 10.1. The second-order valence-corrected chi connectivity index (χ2v) is 7.29. The minimum absolute atomic E-state index is 0.174. The highest BCUT2D eigenvalue weighted by atomic mass is 16.4. The van der Waals surface area contributed by atoms with Gasteiger partial charge in [0.15, 0.2) is 0 Å². The van der Waals surface area contributed by atoms with Crippen molar-refractivity contribution in [3.63, 3.8) is 0 Å². The molecule has 0 radical (unpaired) electrons. The van der Waals surface area contributed by atoms with Crippen LogP contribution in [0.4, 0.5) is 5.82 Å². The number of nitrogens with two attached hydrogens (primary N) is 1. The third-order valence-electron chi connectivity index (χ3n) is 4.95. The lowest BCUT2D eigenvalue weighted by Crippen LogP contribution is -2.26. The van der Waals surface area contributed by atoms with E-state index in [0.717, 1.165) is 44.3 Å². The molecule has 0 unspecified atom stereocenters. The Morgan fingerprint density at radius 2 is 1.63 bits per heavy atom. The van der Waals surface area contributed by atoms with Crippen molar-refractivity contribution in [2.45, 2.75) is 46.1 Å². The van der Waals surface area contributed by atoms with Crippen LogP contribution in [0.25, 0.3) is 11.1 Å². The molecule has 2 aromatic rings. The van der Waals surface area contributed by atoms with Crippen LogP contribution >= 0.6 is 0 Å². The first-order valence-corrected chi connectivity index (χ1v) is 10.1. The van der Waals surface area contributed by atoms with Gasteiger partial charge >= 0.3 is 11.9 Å². The van der Waals surface area contributed by atoms with Crippen LogP contribution in [-0.2, 0) is 6.54 Å². The number of nitrogens with one attached hydrogen (secondary N) is 1. The first kappa shape index (κ1) is 23.2. The zero-order valence-electron chi connectivity index (χ0n) is 17.4. The highest BCUT2D eigenvalue weighted by Crippen LogP contribution is 2.30. The van der Waals surface area contributed by atoms with E-state index in [2.05, 4.69) is 23.7 Å². The maximum absolute atomic E-state index is 12.2. The molecule has 1 aromatic carbocycles. The summed E-state index contributed by atoms with van der Waals surface area (Å²) in [5, 5.41) is 19.2. The number of rotatable bonds is 11. The molecule has 0 aliphatic heterocycles. The quantitative estimate of drug-likeness (QED) is 0.441. The maximum atomic E-state index is 12.2. The van der Waals surface area contributed by atoms with Crippen molar-refractivity contribution in [1.82, 2.24) is 9.88 Å². The number of carboxylic acid groups (broad SMARTS) is 2. The summed E-state index contributed by atoms with van der Waals surface area (Å²) in [6.07, 6.45) is 4.30. The summed E-state index contributed by atoms with van der Waals surface area (Å²) in [7, 11) is 0. The summed E-state index contributed by atoms with van der Waals surface area (Å²) in [6.45, 7) is 6.81. The van der Waals surface area contributed by atoms with E-state index in [1.807, 2.05) is 6.07 Å². The van der Waals surface area contributed by atoms with Gasteiger partial charge in [-0.2, -0.15) is 0 Å². The Bertz CT molecular complexity index is 960. The molecule has 162 valence electrons. The number of aromatic amines is 1. The molecule has 0 saturated heterocycles. The number of carboxylic acids is 2. The van der Waals surface area contributed by atoms with Crippen molar-refractivity contribution in [2.24, 2.45) is 0 Å². The number of carbonyl (C=O) groups is 2. The van der Waals surface area contributed by atoms with Gasteiger partial charge in [0.05, 0.1) is 0 Å². The Hall–Kier alpha value is -3.13. The van der Waals surface area contributed by atoms with Gasteiger partial charge in [-0.1, -0.05) is 44.9 Å². The van der Waals surface area contributed by atoms with E-state index in [9.17, 15) is 24.6 Å². The zero-order chi connectivity index (χ0) is 22.3. The van der Waals surface area contributed by atoms with Gasteiger partial charge in [-0.15, -0.1) is 0 Å². The van der Waals surface area contributed by atoms with Gasteiger partial charge in [-0.05, 0) is 43.1 Å². The number of unbranched alkanes of at least 4 members (excludes halogenated alkanes) is 2. The van der Waals surface area contributed by atoms with Crippen LogP contribution in [0, 0.1) is 0 Å². The van der Waals surface area contributed by atoms with Crippen molar-refractivity contribution in [2.75, 3.05) is 18.8 Å². The number of nitrogen functional groups attached to an aromatic ring is 1. The third-order valence-corrected chi connectivity index (χ3v) is 4.95. The van der Waals surface area contributed by atoms with Crippen LogP contribution in [0.1, 0.15) is 65.8 Å². The van der Waals surface area contributed by atoms with Crippen LogP contribution in [0.2, 0.25) is 0 Å². The molecule has 0 atom stereocenters. The highest BCUT2D eigenvalue weighted by Gasteiger charge is 2.26. The molecule has 2 rings (SSSR count). The maximum Gasteiger partial charge on any atom is 0.342 e. The number of hydrogen-bond acceptors (Lipinski definition) is 5. The fourth-order valence-electron chi connectivity index (χ4n) is 3.45. The molecule has 0 aliphatic carbocycles. The molecule has 8 nitrogen and oxygen atoms in total. The summed E-state index contributed by atoms with van der Waals surface area (Å²) in [5.74, 6) is -3.28. The fourth-order valence-corrected chi connectivity index (χ4v) is 3.45. The molecule has 0 aliphatic rings. The normalized spacial score (nSPS) is 11.0. The van der Waals surface area contributed by atoms with Crippen LogP contribution in [0.3, 0.4) is 0 Å². The van der Waals surface area contributed by atoms with Crippen molar-refractivity contribution >= 4 is 17.8 Å². The van der Waals surface area contributed by atoms with Crippen molar-refractivity contribution in [3.8, 4) is 11.1 Å². The SMILES string of the molecule is CCCCN(CCCC)Cc1cccc(-c2c(C(=O)O)c(N)[nH]c(=O)c2C(=O)O)c1. The van der Waals surface area contributed by atoms with Crippen LogP contribution < -0.4 is 11.3 Å². The van der Waals surface area contributed by atoms with Crippen molar-refractivity contribution in [3.05, 3.63) is 51.3 Å². The standard InChI is InChI=1S/C22H29N3O5/c1-3-5-10-25(11-6-4-2)13-14-8-7-9-15(12-14)16-17(21(27)28)19(23)24-20(26)18(16)22(29)30/h7-9,12H,3-6,10-11,13H2,1-2H3,(H,27,28)(H,29,30)(H3,23,24,26). The van der Waals surface area contributed by atoms with Gasteiger partial charge in [0.2, 0.25) is 0 Å². The predicted molar refractivity (Wildman–Crippen MR) is 116 cm³/mol. The largest absolute Gasteiger partial charge is 0.478 e. The highest BCUT2D eigenvalue weighted by molar-refractivity contribution is 6.07. The first-order chi connectivity index (χ1) is 14.3. The number of aromatic carboxylic acids is 2. The van der Waals surface area contributed by atoms with Gasteiger partial charge in [0.25, 0.3) is 5.56 Å². The Morgan fingerprint density at radius 3 is 2.17 bits per heavy atom. The fraction of sp³-hybridized carbons (Fsp3) is 0.409. The minimum atomic E-state index is -1.51.